The van der Waals surface area contributed by atoms with E-state index in [0.29, 0.717) is 6.42 Å². The molecule has 0 spiro atoms. The van der Waals surface area contributed by atoms with Gasteiger partial charge in [-0.1, -0.05) is 27.7 Å². The molecule has 20 heavy (non-hydrogen) atoms. The average molecular weight is 319 g/mol. The van der Waals surface area contributed by atoms with Crippen LogP contribution < -0.4 is 5.32 Å². The monoisotopic (exact) mass is 318 g/mol. The van der Waals surface area contributed by atoms with Gasteiger partial charge in [-0.3, -0.25) is 0 Å². The highest BCUT2D eigenvalue weighted by Crippen LogP contribution is 2.24. The number of nitrogens with one attached hydrogen (secondary N) is 1. The van der Waals surface area contributed by atoms with E-state index in [4.69, 9.17) is 0 Å². The van der Waals surface area contributed by atoms with Gasteiger partial charge < -0.3 is 5.32 Å². The third-order valence-electron chi connectivity index (χ3n) is 2.93. The Morgan fingerprint density at radius 2 is 2.05 bits per heavy atom. The molecule has 0 saturated carbocycles. The van der Waals surface area contributed by atoms with Gasteiger partial charge >= 0.3 is 0 Å². The summed E-state index contributed by atoms with van der Waals surface area (Å²) < 4.78 is 23.0. The maximum Gasteiger partial charge on any atom is 0.148 e. The molecule has 0 aliphatic rings. The Bertz CT molecular complexity index is 516. The summed E-state index contributed by atoms with van der Waals surface area (Å²) in [6, 6.07) is -0.0519. The molecule has 0 fully saturated rings. The van der Waals surface area contributed by atoms with Crippen LogP contribution in [0.25, 0.3) is 0 Å². The fraction of sp³-hybridized carbons (Fsp3) is 0.786. The molecule has 1 aromatic heterocycles. The maximum absolute atomic E-state index is 11.5. The Morgan fingerprint density at radius 3 is 2.50 bits per heavy atom. The SMILES string of the molecule is CCCNC(Cc1nc(C(C)(C)C)cs1)CS(C)(=O)=O. The summed E-state index contributed by atoms with van der Waals surface area (Å²) >= 11 is 1.62. The molecule has 1 aromatic rings. The standard InChI is InChI=1S/C14H26N2O2S2/c1-6-7-15-11(10-20(5,17)18)8-13-16-12(9-19-13)14(2,3)4/h9,11,15H,6-8,10H2,1-5H3. The van der Waals surface area contributed by atoms with Crippen LogP contribution in [0, 0.1) is 0 Å². The number of rotatable bonds is 7. The molecule has 0 aromatic carbocycles. The Labute approximate surface area is 126 Å². The summed E-state index contributed by atoms with van der Waals surface area (Å²) in [5, 5.41) is 6.39. The summed E-state index contributed by atoms with van der Waals surface area (Å²) in [6.07, 6.45) is 2.95. The molecule has 6 heteroatoms. The van der Waals surface area contributed by atoms with Gasteiger partial charge in [0.1, 0.15) is 9.84 Å². The van der Waals surface area contributed by atoms with Crippen LogP contribution in [-0.4, -0.2) is 38.0 Å². The lowest BCUT2D eigenvalue weighted by molar-refractivity contribution is 0.525. The predicted octanol–water partition coefficient (Wildman–Crippen LogP) is 2.40. The second kappa shape index (κ2) is 7.00. The fourth-order valence-corrected chi connectivity index (χ4v) is 3.93. The topological polar surface area (TPSA) is 59.1 Å². The summed E-state index contributed by atoms with van der Waals surface area (Å²) in [4.78, 5) is 4.64. The van der Waals surface area contributed by atoms with Crippen molar-refractivity contribution in [3.63, 3.8) is 0 Å². The van der Waals surface area contributed by atoms with E-state index in [9.17, 15) is 8.42 Å². The highest BCUT2D eigenvalue weighted by molar-refractivity contribution is 7.90. The number of aromatic nitrogens is 1. The van der Waals surface area contributed by atoms with Gasteiger partial charge in [0.15, 0.2) is 0 Å². The smallest absolute Gasteiger partial charge is 0.148 e. The van der Waals surface area contributed by atoms with Gasteiger partial charge in [-0.25, -0.2) is 13.4 Å². The van der Waals surface area contributed by atoms with E-state index in [0.717, 1.165) is 23.7 Å². The second-order valence-electron chi connectivity index (χ2n) is 6.32. The Balaban J connectivity index is 2.76. The van der Waals surface area contributed by atoms with Gasteiger partial charge in [0.05, 0.1) is 16.5 Å². The van der Waals surface area contributed by atoms with E-state index in [-0.39, 0.29) is 17.2 Å². The van der Waals surface area contributed by atoms with Crippen LogP contribution in [0.3, 0.4) is 0 Å². The molecule has 1 heterocycles. The Hall–Kier alpha value is -0.460. The molecular formula is C14H26N2O2S2. The minimum absolute atomic E-state index is 0.0396. The van der Waals surface area contributed by atoms with Gasteiger partial charge in [-0.15, -0.1) is 11.3 Å². The van der Waals surface area contributed by atoms with Crippen molar-refractivity contribution in [2.45, 2.75) is 52.0 Å². The van der Waals surface area contributed by atoms with Crippen molar-refractivity contribution in [2.75, 3.05) is 18.6 Å². The van der Waals surface area contributed by atoms with E-state index in [1.807, 2.05) is 0 Å². The van der Waals surface area contributed by atoms with Crippen molar-refractivity contribution in [3.05, 3.63) is 16.1 Å². The molecule has 116 valence electrons. The highest BCUT2D eigenvalue weighted by Gasteiger charge is 2.20. The van der Waals surface area contributed by atoms with E-state index >= 15 is 0 Å². The number of sulfone groups is 1. The third-order valence-corrected chi connectivity index (χ3v) is 4.81. The molecule has 4 nitrogen and oxygen atoms in total. The van der Waals surface area contributed by atoms with Crippen LogP contribution in [0.2, 0.25) is 0 Å². The van der Waals surface area contributed by atoms with E-state index in [1.165, 1.54) is 6.26 Å². The lowest BCUT2D eigenvalue weighted by Crippen LogP contribution is -2.37. The third kappa shape index (κ3) is 6.33. The van der Waals surface area contributed by atoms with Crippen molar-refractivity contribution in [2.24, 2.45) is 0 Å². The number of hydrogen-bond donors (Lipinski definition) is 1. The van der Waals surface area contributed by atoms with Crippen LogP contribution in [-0.2, 0) is 21.7 Å². The zero-order valence-electron chi connectivity index (χ0n) is 13.1. The molecule has 0 bridgehead atoms. The van der Waals surface area contributed by atoms with Gasteiger partial charge in [0.2, 0.25) is 0 Å². The summed E-state index contributed by atoms with van der Waals surface area (Å²) in [6.45, 7) is 9.31. The summed E-state index contributed by atoms with van der Waals surface area (Å²) in [5.74, 6) is 0.164. The number of hydrogen-bond acceptors (Lipinski definition) is 5. The largest absolute Gasteiger partial charge is 0.313 e. The molecular weight excluding hydrogens is 292 g/mol. The first kappa shape index (κ1) is 17.6. The lowest BCUT2D eigenvalue weighted by Gasteiger charge is -2.17. The average Bonchev–Trinajstić information content (AvgIpc) is 2.72. The van der Waals surface area contributed by atoms with Crippen molar-refractivity contribution in [1.29, 1.82) is 0 Å². The fourth-order valence-electron chi connectivity index (χ4n) is 1.86. The normalized spacial score (nSPS) is 14.4. The highest BCUT2D eigenvalue weighted by atomic mass is 32.2. The Morgan fingerprint density at radius 1 is 1.40 bits per heavy atom. The first-order chi connectivity index (χ1) is 9.12. The van der Waals surface area contributed by atoms with Crippen LogP contribution in [0.4, 0.5) is 0 Å². The summed E-state index contributed by atoms with van der Waals surface area (Å²) in [7, 11) is -2.98. The molecule has 1 unspecified atom stereocenters. The molecule has 0 saturated heterocycles. The minimum Gasteiger partial charge on any atom is -0.313 e. The Kier molecular flexibility index (Phi) is 6.16. The molecule has 0 aliphatic heterocycles. The zero-order chi connectivity index (χ0) is 15.4. The van der Waals surface area contributed by atoms with Crippen molar-refractivity contribution >= 4 is 21.2 Å². The van der Waals surface area contributed by atoms with Crippen molar-refractivity contribution < 1.29 is 8.42 Å². The van der Waals surface area contributed by atoms with E-state index in [2.05, 4.69) is 43.4 Å². The van der Waals surface area contributed by atoms with Gasteiger partial charge in [-0.2, -0.15) is 0 Å². The van der Waals surface area contributed by atoms with Gasteiger partial charge in [0.25, 0.3) is 0 Å². The quantitative estimate of drug-likeness (QED) is 0.838. The van der Waals surface area contributed by atoms with Crippen LogP contribution in [0.15, 0.2) is 5.38 Å². The number of nitrogens with zero attached hydrogens (tertiary/aromatic N) is 1. The predicted molar refractivity (Wildman–Crippen MR) is 86.3 cm³/mol. The van der Waals surface area contributed by atoms with E-state index < -0.39 is 9.84 Å². The van der Waals surface area contributed by atoms with Crippen LogP contribution in [0.1, 0.15) is 44.8 Å². The molecule has 0 radical (unpaired) electrons. The molecule has 1 N–H and O–H groups in total. The molecule has 0 amide bonds. The van der Waals surface area contributed by atoms with E-state index in [1.54, 1.807) is 11.3 Å². The molecule has 1 rings (SSSR count). The lowest BCUT2D eigenvalue weighted by atomic mass is 9.93. The van der Waals surface area contributed by atoms with Crippen LogP contribution >= 0.6 is 11.3 Å². The first-order valence-electron chi connectivity index (χ1n) is 6.98. The maximum atomic E-state index is 11.5. The summed E-state index contributed by atoms with van der Waals surface area (Å²) in [5.41, 5.74) is 1.11. The minimum atomic E-state index is -2.98. The first-order valence-corrected chi connectivity index (χ1v) is 9.92. The van der Waals surface area contributed by atoms with Gasteiger partial charge in [0, 0.05) is 29.5 Å². The molecule has 0 aliphatic carbocycles. The second-order valence-corrected chi connectivity index (χ2v) is 9.45. The number of thiazole rings is 1. The van der Waals surface area contributed by atoms with Crippen molar-refractivity contribution in [1.82, 2.24) is 10.3 Å². The zero-order valence-corrected chi connectivity index (χ0v) is 14.7. The molecule has 1 atom stereocenters. The van der Waals surface area contributed by atoms with Gasteiger partial charge in [-0.05, 0) is 13.0 Å². The van der Waals surface area contributed by atoms with Crippen molar-refractivity contribution in [3.8, 4) is 0 Å². The van der Waals surface area contributed by atoms with Crippen LogP contribution in [0.5, 0.6) is 0 Å².